The molecule has 0 bridgehead atoms. The zero-order chi connectivity index (χ0) is 20.5. The molecule has 5 heteroatoms. The van der Waals surface area contributed by atoms with E-state index in [1.165, 1.54) is 11.1 Å². The predicted molar refractivity (Wildman–Crippen MR) is 119 cm³/mol. The zero-order valence-electron chi connectivity index (χ0n) is 16.3. The van der Waals surface area contributed by atoms with Crippen molar-refractivity contribution in [2.24, 2.45) is 0 Å². The van der Waals surface area contributed by atoms with Crippen LogP contribution in [0.4, 0.5) is 5.95 Å². The molecule has 2 N–H and O–H groups in total. The van der Waals surface area contributed by atoms with Gasteiger partial charge in [0.25, 0.3) is 5.91 Å². The Balaban J connectivity index is 1.51. The van der Waals surface area contributed by atoms with Crippen molar-refractivity contribution in [3.63, 3.8) is 0 Å². The minimum Gasteiger partial charge on any atom is -0.368 e. The second kappa shape index (κ2) is 7.44. The quantitative estimate of drug-likeness (QED) is 0.520. The van der Waals surface area contributed by atoms with Crippen LogP contribution in [0.2, 0.25) is 0 Å². The van der Waals surface area contributed by atoms with Crippen LogP contribution in [-0.2, 0) is 13.1 Å². The van der Waals surface area contributed by atoms with Gasteiger partial charge in [-0.2, -0.15) is 0 Å². The van der Waals surface area contributed by atoms with Gasteiger partial charge in [-0.25, -0.2) is 9.97 Å². The number of nitrogens with zero attached hydrogens (tertiary/aromatic N) is 3. The number of fused-ring (bicyclic) bond motifs is 2. The fraction of sp³-hybridized carbons (Fsp3) is 0.0800. The average molecular weight is 392 g/mol. The van der Waals surface area contributed by atoms with Gasteiger partial charge in [-0.15, -0.1) is 0 Å². The molecule has 1 amide bonds. The third-order valence-corrected chi connectivity index (χ3v) is 5.34. The third kappa shape index (κ3) is 3.42. The van der Waals surface area contributed by atoms with Gasteiger partial charge in [0, 0.05) is 18.5 Å². The zero-order valence-corrected chi connectivity index (χ0v) is 16.3. The van der Waals surface area contributed by atoms with Crippen LogP contribution in [-0.4, -0.2) is 20.8 Å². The van der Waals surface area contributed by atoms with E-state index in [0.29, 0.717) is 29.7 Å². The van der Waals surface area contributed by atoms with Gasteiger partial charge in [-0.1, -0.05) is 72.8 Å². The highest BCUT2D eigenvalue weighted by molar-refractivity contribution is 6.05. The van der Waals surface area contributed by atoms with E-state index < -0.39 is 0 Å². The number of nitrogen functional groups attached to an aromatic ring is 1. The van der Waals surface area contributed by atoms with Crippen LogP contribution in [0, 0.1) is 0 Å². The Morgan fingerprint density at radius 2 is 1.50 bits per heavy atom. The summed E-state index contributed by atoms with van der Waals surface area (Å²) in [6.45, 7) is 1.15. The van der Waals surface area contributed by atoms with Gasteiger partial charge >= 0.3 is 0 Å². The van der Waals surface area contributed by atoms with Crippen molar-refractivity contribution in [2.75, 3.05) is 5.73 Å². The molecule has 0 aliphatic carbocycles. The van der Waals surface area contributed by atoms with E-state index in [-0.39, 0.29) is 11.9 Å². The lowest BCUT2D eigenvalue weighted by Crippen LogP contribution is -2.27. The summed E-state index contributed by atoms with van der Waals surface area (Å²) in [5, 5.41) is 0.709. The number of amides is 1. The molecule has 1 aliphatic rings. The largest absolute Gasteiger partial charge is 0.368 e. The maximum absolute atomic E-state index is 13.3. The molecule has 5 rings (SSSR count). The van der Waals surface area contributed by atoms with E-state index in [4.69, 9.17) is 5.73 Å². The van der Waals surface area contributed by atoms with Gasteiger partial charge in [0.2, 0.25) is 5.95 Å². The Hall–Kier alpha value is -3.99. The summed E-state index contributed by atoms with van der Waals surface area (Å²) in [4.78, 5) is 23.8. The number of benzene rings is 3. The van der Waals surface area contributed by atoms with Crippen LogP contribution in [0.3, 0.4) is 0 Å². The molecule has 0 fully saturated rings. The molecule has 5 nitrogen and oxygen atoms in total. The second-order valence-corrected chi connectivity index (χ2v) is 7.38. The Morgan fingerprint density at radius 3 is 2.23 bits per heavy atom. The van der Waals surface area contributed by atoms with Crippen LogP contribution in [0.25, 0.3) is 23.1 Å². The highest BCUT2D eigenvalue weighted by Crippen LogP contribution is 2.27. The smallest absolute Gasteiger partial charge is 0.273 e. The molecule has 0 radical (unpaired) electrons. The van der Waals surface area contributed by atoms with Gasteiger partial charge in [0.1, 0.15) is 5.69 Å². The van der Waals surface area contributed by atoms with E-state index >= 15 is 0 Å². The fourth-order valence-corrected chi connectivity index (χ4v) is 3.81. The second-order valence-electron chi connectivity index (χ2n) is 7.38. The lowest BCUT2D eigenvalue weighted by atomic mass is 10.1. The molecule has 1 aliphatic heterocycles. The number of nitrogens with two attached hydrogens (primary N) is 1. The van der Waals surface area contributed by atoms with Gasteiger partial charge < -0.3 is 10.6 Å². The number of carbonyl (C=O) groups is 1. The summed E-state index contributed by atoms with van der Waals surface area (Å²) in [6, 6.07) is 24.0. The number of carbonyl (C=O) groups excluding carboxylic acids is 1. The van der Waals surface area contributed by atoms with Crippen molar-refractivity contribution in [3.8, 4) is 0 Å². The van der Waals surface area contributed by atoms with Crippen LogP contribution >= 0.6 is 0 Å². The monoisotopic (exact) mass is 392 g/mol. The molecule has 0 unspecified atom stereocenters. The molecule has 0 atom stereocenters. The molecular formula is C25H20N4O. The highest BCUT2D eigenvalue weighted by atomic mass is 16.2. The van der Waals surface area contributed by atoms with E-state index in [1.54, 1.807) is 4.90 Å². The van der Waals surface area contributed by atoms with Crippen LogP contribution in [0.5, 0.6) is 0 Å². The van der Waals surface area contributed by atoms with E-state index in [2.05, 4.69) is 22.1 Å². The standard InChI is InChI=1S/C25H20N4O/c26-25-27-22-13-12-18(11-10-17-6-2-1-3-7-17)14-21(22)23(28-25)24(30)29-15-19-8-4-5-9-20(19)16-29/h1-14H,15-16H2,(H2,26,27,28). The highest BCUT2D eigenvalue weighted by Gasteiger charge is 2.26. The Morgan fingerprint density at radius 1 is 0.833 bits per heavy atom. The molecule has 1 aromatic heterocycles. The maximum Gasteiger partial charge on any atom is 0.273 e. The average Bonchev–Trinajstić information content (AvgIpc) is 3.22. The van der Waals surface area contributed by atoms with Gasteiger partial charge in [0.15, 0.2) is 0 Å². The first-order chi connectivity index (χ1) is 14.7. The summed E-state index contributed by atoms with van der Waals surface area (Å²) in [5.41, 5.74) is 11.3. The fourth-order valence-electron chi connectivity index (χ4n) is 3.81. The van der Waals surface area contributed by atoms with Crippen molar-refractivity contribution in [3.05, 3.63) is 101 Å². The summed E-state index contributed by atoms with van der Waals surface area (Å²) in [7, 11) is 0. The lowest BCUT2D eigenvalue weighted by Gasteiger charge is -2.16. The SMILES string of the molecule is Nc1nc(C(=O)N2Cc3ccccc3C2)c2cc(C=Cc3ccccc3)ccc2n1. The van der Waals surface area contributed by atoms with E-state index in [1.807, 2.05) is 72.8 Å². The molecule has 146 valence electrons. The Labute approximate surface area is 174 Å². The summed E-state index contributed by atoms with van der Waals surface area (Å²) in [6.07, 6.45) is 4.06. The minimum absolute atomic E-state index is 0.107. The number of hydrogen-bond acceptors (Lipinski definition) is 4. The van der Waals surface area contributed by atoms with Crippen LogP contribution < -0.4 is 5.73 Å². The molecule has 2 heterocycles. The Kier molecular flexibility index (Phi) is 4.48. The van der Waals surface area contributed by atoms with Crippen molar-refractivity contribution in [1.82, 2.24) is 14.9 Å². The summed E-state index contributed by atoms with van der Waals surface area (Å²) in [5.74, 6) is -0.0235. The Bertz CT molecular complexity index is 1260. The first-order valence-electron chi connectivity index (χ1n) is 9.84. The minimum atomic E-state index is -0.130. The van der Waals surface area contributed by atoms with Crippen molar-refractivity contribution < 1.29 is 4.79 Å². The maximum atomic E-state index is 13.3. The number of anilines is 1. The van der Waals surface area contributed by atoms with E-state index in [0.717, 1.165) is 11.1 Å². The molecule has 0 saturated heterocycles. The van der Waals surface area contributed by atoms with Gasteiger partial charge in [-0.3, -0.25) is 4.79 Å². The molecule has 4 aromatic rings. The molecule has 0 saturated carbocycles. The van der Waals surface area contributed by atoms with Crippen LogP contribution in [0.15, 0.2) is 72.8 Å². The third-order valence-electron chi connectivity index (χ3n) is 5.34. The van der Waals surface area contributed by atoms with Crippen molar-refractivity contribution in [1.29, 1.82) is 0 Å². The topological polar surface area (TPSA) is 72.1 Å². The van der Waals surface area contributed by atoms with Gasteiger partial charge in [-0.05, 0) is 34.4 Å². The van der Waals surface area contributed by atoms with Gasteiger partial charge in [0.05, 0.1) is 5.52 Å². The van der Waals surface area contributed by atoms with Crippen LogP contribution in [0.1, 0.15) is 32.7 Å². The first kappa shape index (κ1) is 18.1. The summed E-state index contributed by atoms with van der Waals surface area (Å²) < 4.78 is 0. The van der Waals surface area contributed by atoms with E-state index in [9.17, 15) is 4.79 Å². The molecule has 0 spiro atoms. The number of aromatic nitrogens is 2. The molecule has 30 heavy (non-hydrogen) atoms. The van der Waals surface area contributed by atoms with Crippen molar-refractivity contribution >= 4 is 34.9 Å². The normalized spacial score (nSPS) is 13.1. The predicted octanol–water partition coefficient (Wildman–Crippen LogP) is 4.54. The lowest BCUT2D eigenvalue weighted by molar-refractivity contribution is 0.0747. The molecular weight excluding hydrogens is 372 g/mol. The van der Waals surface area contributed by atoms with Crippen molar-refractivity contribution in [2.45, 2.75) is 13.1 Å². The number of rotatable bonds is 3. The first-order valence-corrected chi connectivity index (χ1v) is 9.84. The number of hydrogen-bond donors (Lipinski definition) is 1. The summed E-state index contributed by atoms with van der Waals surface area (Å²) >= 11 is 0. The molecule has 3 aromatic carbocycles.